The van der Waals surface area contributed by atoms with E-state index in [1.54, 1.807) is 42.5 Å². The number of carboxylic acids is 1. The van der Waals surface area contributed by atoms with Crippen molar-refractivity contribution in [2.45, 2.75) is 43.1 Å². The van der Waals surface area contributed by atoms with Gasteiger partial charge in [-0.2, -0.15) is 0 Å². The van der Waals surface area contributed by atoms with Crippen LogP contribution in [0.5, 0.6) is 17.2 Å². The minimum absolute atomic E-state index is 0.154. The maximum absolute atomic E-state index is 12.6. The van der Waals surface area contributed by atoms with Gasteiger partial charge in [0.25, 0.3) is 5.91 Å². The summed E-state index contributed by atoms with van der Waals surface area (Å²) in [6.45, 7) is 0.534. The predicted molar refractivity (Wildman–Crippen MR) is 138 cm³/mol. The fourth-order valence-corrected chi connectivity index (χ4v) is 4.95. The summed E-state index contributed by atoms with van der Waals surface area (Å²) in [4.78, 5) is 24.2. The summed E-state index contributed by atoms with van der Waals surface area (Å²) in [5, 5.41) is 13.2. The minimum Gasteiger partial charge on any atom is -0.481 e. The lowest BCUT2D eigenvalue weighted by molar-refractivity contribution is -0.139. The van der Waals surface area contributed by atoms with Crippen LogP contribution in [0.15, 0.2) is 60.7 Å². The first kappa shape index (κ1) is 24.5. The normalized spacial score (nSPS) is 18.6. The van der Waals surface area contributed by atoms with Crippen LogP contribution in [0.3, 0.4) is 0 Å². The lowest BCUT2D eigenvalue weighted by Gasteiger charge is -2.27. The van der Waals surface area contributed by atoms with Gasteiger partial charge in [-0.25, -0.2) is 0 Å². The molecule has 2 unspecified atom stereocenters. The first-order chi connectivity index (χ1) is 17.4. The van der Waals surface area contributed by atoms with E-state index in [0.717, 1.165) is 11.4 Å². The molecule has 0 aromatic heterocycles. The molecule has 3 aromatic rings. The first-order valence-electron chi connectivity index (χ1n) is 11.9. The van der Waals surface area contributed by atoms with E-state index in [1.807, 2.05) is 12.1 Å². The molecule has 0 spiro atoms. The molecule has 5 rings (SSSR count). The highest BCUT2D eigenvalue weighted by Gasteiger charge is 2.32. The average molecular weight is 526 g/mol. The van der Waals surface area contributed by atoms with Gasteiger partial charge in [0.1, 0.15) is 17.2 Å². The lowest BCUT2D eigenvalue weighted by Crippen LogP contribution is -2.25. The van der Waals surface area contributed by atoms with Gasteiger partial charge in [-0.15, -0.1) is 0 Å². The molecule has 1 saturated carbocycles. The van der Waals surface area contributed by atoms with Crippen molar-refractivity contribution in [1.82, 2.24) is 5.32 Å². The van der Waals surface area contributed by atoms with Gasteiger partial charge in [-0.3, -0.25) is 9.59 Å². The Balaban J connectivity index is 1.18. The number of halogens is 2. The first-order valence-corrected chi connectivity index (χ1v) is 12.7. The Kier molecular flexibility index (Phi) is 7.08. The van der Waals surface area contributed by atoms with Crippen LogP contribution in [-0.2, 0) is 11.2 Å². The third-order valence-corrected chi connectivity index (χ3v) is 6.99. The zero-order chi connectivity index (χ0) is 25.2. The van der Waals surface area contributed by atoms with Crippen LogP contribution in [0, 0.1) is 0 Å². The molecule has 1 heterocycles. The van der Waals surface area contributed by atoms with Crippen LogP contribution >= 0.6 is 23.2 Å². The largest absolute Gasteiger partial charge is 0.481 e. The Hall–Kier alpha value is -3.22. The van der Waals surface area contributed by atoms with Crippen molar-refractivity contribution in [3.8, 4) is 17.2 Å². The Morgan fingerprint density at radius 1 is 1.00 bits per heavy atom. The average Bonchev–Trinajstić information content (AvgIpc) is 3.70. The SMILES string of the molecule is O=C(NCCc1ccc(Cl)cc1C1CC1)c1ccc(Oc2ccc3c(c2)OC(Cl)CC3C(=O)O)cc1. The number of aliphatic carboxylic acids is 1. The minimum atomic E-state index is -0.941. The molecule has 36 heavy (non-hydrogen) atoms. The van der Waals surface area contributed by atoms with E-state index >= 15 is 0 Å². The van der Waals surface area contributed by atoms with Gasteiger partial charge in [0, 0.05) is 35.2 Å². The number of alkyl halides is 1. The van der Waals surface area contributed by atoms with E-state index in [9.17, 15) is 14.7 Å². The van der Waals surface area contributed by atoms with Gasteiger partial charge in [0.2, 0.25) is 0 Å². The van der Waals surface area contributed by atoms with Crippen LogP contribution in [0.25, 0.3) is 0 Å². The number of carbonyl (C=O) groups excluding carboxylic acids is 1. The van der Waals surface area contributed by atoms with Gasteiger partial charge in [-0.05, 0) is 78.8 Å². The fourth-order valence-electron chi connectivity index (χ4n) is 4.49. The number of rotatable bonds is 8. The Morgan fingerprint density at radius 2 is 1.75 bits per heavy atom. The monoisotopic (exact) mass is 525 g/mol. The molecule has 8 heteroatoms. The smallest absolute Gasteiger partial charge is 0.311 e. The summed E-state index contributed by atoms with van der Waals surface area (Å²) >= 11 is 12.2. The zero-order valence-electron chi connectivity index (χ0n) is 19.4. The van der Waals surface area contributed by atoms with Gasteiger partial charge >= 0.3 is 5.97 Å². The van der Waals surface area contributed by atoms with Crippen molar-refractivity contribution < 1.29 is 24.2 Å². The number of ether oxygens (including phenoxy) is 2. The summed E-state index contributed by atoms with van der Waals surface area (Å²) < 4.78 is 11.5. The van der Waals surface area contributed by atoms with Crippen molar-refractivity contribution in [3.63, 3.8) is 0 Å². The van der Waals surface area contributed by atoms with Gasteiger partial charge in [0.15, 0.2) is 5.56 Å². The van der Waals surface area contributed by atoms with Crippen molar-refractivity contribution in [2.75, 3.05) is 6.54 Å². The molecule has 0 bridgehead atoms. The molecule has 1 aliphatic carbocycles. The topological polar surface area (TPSA) is 84.9 Å². The van der Waals surface area contributed by atoms with Gasteiger partial charge in [-0.1, -0.05) is 35.3 Å². The molecule has 3 aromatic carbocycles. The van der Waals surface area contributed by atoms with Crippen molar-refractivity contribution in [2.24, 2.45) is 0 Å². The van der Waals surface area contributed by atoms with E-state index in [4.69, 9.17) is 32.7 Å². The molecule has 186 valence electrons. The number of benzene rings is 3. The molecule has 2 atom stereocenters. The summed E-state index contributed by atoms with van der Waals surface area (Å²) in [5.74, 6) is 0.196. The Bertz CT molecular complexity index is 1290. The number of amides is 1. The molecular formula is C28H25Cl2NO5. The van der Waals surface area contributed by atoms with Crippen LogP contribution in [0.2, 0.25) is 5.02 Å². The van der Waals surface area contributed by atoms with E-state index in [-0.39, 0.29) is 12.3 Å². The number of hydrogen-bond donors (Lipinski definition) is 2. The molecule has 1 aliphatic heterocycles. The number of hydrogen-bond acceptors (Lipinski definition) is 4. The van der Waals surface area contributed by atoms with Gasteiger partial charge in [0.05, 0.1) is 5.92 Å². The highest BCUT2D eigenvalue weighted by Crippen LogP contribution is 2.43. The maximum Gasteiger partial charge on any atom is 0.311 e. The van der Waals surface area contributed by atoms with Crippen molar-refractivity contribution in [1.29, 1.82) is 0 Å². The molecular weight excluding hydrogens is 501 g/mol. The third-order valence-electron chi connectivity index (χ3n) is 6.49. The maximum atomic E-state index is 12.6. The molecule has 2 aliphatic rings. The highest BCUT2D eigenvalue weighted by molar-refractivity contribution is 6.30. The molecule has 2 N–H and O–H groups in total. The summed E-state index contributed by atoms with van der Waals surface area (Å²) in [5.41, 5.74) is 2.91. The van der Waals surface area contributed by atoms with Crippen molar-refractivity contribution in [3.05, 3.63) is 87.9 Å². The predicted octanol–water partition coefficient (Wildman–Crippen LogP) is 6.50. The summed E-state index contributed by atoms with van der Waals surface area (Å²) in [6, 6.07) is 17.8. The third kappa shape index (κ3) is 5.61. The number of carbonyl (C=O) groups is 2. The van der Waals surface area contributed by atoms with E-state index < -0.39 is 17.5 Å². The Morgan fingerprint density at radius 3 is 2.47 bits per heavy atom. The molecule has 6 nitrogen and oxygen atoms in total. The zero-order valence-corrected chi connectivity index (χ0v) is 20.9. The molecule has 0 radical (unpaired) electrons. The number of fused-ring (bicyclic) bond motifs is 1. The second-order valence-corrected chi connectivity index (χ2v) is 10.0. The Labute approximate surface area is 219 Å². The second-order valence-electron chi connectivity index (χ2n) is 9.10. The van der Waals surface area contributed by atoms with Crippen LogP contribution in [0.1, 0.15) is 58.1 Å². The van der Waals surface area contributed by atoms with Gasteiger partial charge < -0.3 is 19.9 Å². The number of nitrogens with one attached hydrogen (secondary N) is 1. The molecule has 1 fully saturated rings. The fraction of sp³-hybridized carbons (Fsp3) is 0.286. The lowest BCUT2D eigenvalue weighted by atomic mass is 9.93. The summed E-state index contributed by atoms with van der Waals surface area (Å²) in [7, 11) is 0. The van der Waals surface area contributed by atoms with Crippen LogP contribution < -0.4 is 14.8 Å². The second kappa shape index (κ2) is 10.4. The van der Waals surface area contributed by atoms with E-state index in [2.05, 4.69) is 11.4 Å². The quantitative estimate of drug-likeness (QED) is 0.328. The van der Waals surface area contributed by atoms with E-state index in [1.165, 1.54) is 24.0 Å². The standard InChI is InChI=1S/C28H25Cl2NO5/c29-19-6-3-17(23(13-19)16-1-2-16)11-12-31-27(32)18-4-7-20(8-5-18)35-21-9-10-22-24(28(33)34)15-26(30)36-25(22)14-21/h3-10,13-14,16,24,26H,1-2,11-12,15H2,(H,31,32)(H,33,34). The molecule has 0 saturated heterocycles. The summed E-state index contributed by atoms with van der Waals surface area (Å²) in [6.07, 6.45) is 3.35. The van der Waals surface area contributed by atoms with Crippen LogP contribution in [-0.4, -0.2) is 29.1 Å². The van der Waals surface area contributed by atoms with Crippen molar-refractivity contribution >= 4 is 35.1 Å². The highest BCUT2D eigenvalue weighted by atomic mass is 35.5. The molecule has 1 amide bonds. The van der Waals surface area contributed by atoms with Crippen LogP contribution in [0.4, 0.5) is 0 Å². The van der Waals surface area contributed by atoms with E-state index in [0.29, 0.717) is 40.8 Å². The number of carboxylic acid groups (broad SMARTS) is 1.